The van der Waals surface area contributed by atoms with Gasteiger partial charge in [-0.2, -0.15) is 0 Å². The maximum atomic E-state index is 9.78. The Labute approximate surface area is 110 Å². The molecule has 1 heterocycles. The van der Waals surface area contributed by atoms with Crippen LogP contribution in [-0.2, 0) is 6.42 Å². The van der Waals surface area contributed by atoms with Crippen LogP contribution in [0.3, 0.4) is 0 Å². The average Bonchev–Trinajstić information content (AvgIpc) is 2.81. The Balaban J connectivity index is 1.64. The van der Waals surface area contributed by atoms with Crippen molar-refractivity contribution in [1.82, 2.24) is 9.88 Å². The molecule has 2 atom stereocenters. The second-order valence-electron chi connectivity index (χ2n) is 5.42. The molecule has 0 amide bonds. The second-order valence-corrected chi connectivity index (χ2v) is 5.42. The van der Waals surface area contributed by atoms with E-state index in [-0.39, 0.29) is 6.10 Å². The van der Waals surface area contributed by atoms with Crippen molar-refractivity contribution < 1.29 is 5.11 Å². The van der Waals surface area contributed by atoms with E-state index in [1.807, 2.05) is 18.3 Å². The highest BCUT2D eigenvalue weighted by atomic mass is 16.3. The predicted octanol–water partition coefficient (Wildman–Crippen LogP) is 2.11. The first-order valence-electron chi connectivity index (χ1n) is 7.02. The first-order chi connectivity index (χ1) is 8.75. The Bertz CT molecular complexity index is 342. The smallest absolute Gasteiger partial charge is 0.0568 e. The molecule has 2 unspecified atom stereocenters. The van der Waals surface area contributed by atoms with Crippen LogP contribution in [0.4, 0.5) is 0 Å². The number of likely N-dealkylation sites (N-methyl/N-ethyl adjacent to an activating group) is 1. The predicted molar refractivity (Wildman–Crippen MR) is 73.4 cm³/mol. The summed E-state index contributed by atoms with van der Waals surface area (Å²) in [5.41, 5.74) is 1.16. The van der Waals surface area contributed by atoms with Crippen molar-refractivity contribution in [3.05, 3.63) is 30.1 Å². The van der Waals surface area contributed by atoms with E-state index in [1.165, 1.54) is 12.8 Å². The Morgan fingerprint density at radius 2 is 2.22 bits per heavy atom. The van der Waals surface area contributed by atoms with E-state index in [2.05, 4.69) is 23.0 Å². The number of hydrogen-bond acceptors (Lipinski definition) is 3. The molecule has 1 aromatic heterocycles. The minimum Gasteiger partial charge on any atom is -0.393 e. The molecule has 1 N–H and O–H groups in total. The van der Waals surface area contributed by atoms with E-state index in [1.54, 1.807) is 0 Å². The highest BCUT2D eigenvalue weighted by Gasteiger charge is 2.24. The van der Waals surface area contributed by atoms with Crippen LogP contribution in [0.15, 0.2) is 24.4 Å². The third-order valence-corrected chi connectivity index (χ3v) is 3.98. The van der Waals surface area contributed by atoms with E-state index in [9.17, 15) is 5.11 Å². The minimum atomic E-state index is -0.0470. The molecule has 18 heavy (non-hydrogen) atoms. The van der Waals surface area contributed by atoms with Crippen molar-refractivity contribution in [1.29, 1.82) is 0 Å². The summed E-state index contributed by atoms with van der Waals surface area (Å²) in [6.45, 7) is 2.12. The highest BCUT2D eigenvalue weighted by molar-refractivity contribution is 5.03. The van der Waals surface area contributed by atoms with E-state index in [4.69, 9.17) is 0 Å². The fourth-order valence-electron chi connectivity index (χ4n) is 2.70. The summed E-state index contributed by atoms with van der Waals surface area (Å²) in [5.74, 6) is 0.530. The van der Waals surface area contributed by atoms with Gasteiger partial charge >= 0.3 is 0 Å². The van der Waals surface area contributed by atoms with Gasteiger partial charge in [0.15, 0.2) is 0 Å². The zero-order chi connectivity index (χ0) is 12.8. The van der Waals surface area contributed by atoms with Crippen LogP contribution in [-0.4, -0.2) is 41.2 Å². The summed E-state index contributed by atoms with van der Waals surface area (Å²) < 4.78 is 0. The lowest BCUT2D eigenvalue weighted by molar-refractivity contribution is 0.121. The summed E-state index contributed by atoms with van der Waals surface area (Å²) in [6.07, 6.45) is 7.34. The Kier molecular flexibility index (Phi) is 5.14. The van der Waals surface area contributed by atoms with Gasteiger partial charge in [-0.1, -0.05) is 12.5 Å². The second kappa shape index (κ2) is 6.86. The molecule has 1 aromatic rings. The molecule has 1 saturated carbocycles. The van der Waals surface area contributed by atoms with Gasteiger partial charge in [0, 0.05) is 24.9 Å². The summed E-state index contributed by atoms with van der Waals surface area (Å²) in [4.78, 5) is 6.68. The van der Waals surface area contributed by atoms with Crippen LogP contribution in [0.5, 0.6) is 0 Å². The van der Waals surface area contributed by atoms with Gasteiger partial charge in [0.05, 0.1) is 6.10 Å². The Morgan fingerprint density at radius 3 is 2.89 bits per heavy atom. The normalized spacial score (nSPS) is 23.7. The van der Waals surface area contributed by atoms with Gasteiger partial charge in [-0.05, 0) is 50.9 Å². The number of nitrogens with zero attached hydrogens (tertiary/aromatic N) is 2. The molecular formula is C15H24N2O. The van der Waals surface area contributed by atoms with Gasteiger partial charge in [-0.15, -0.1) is 0 Å². The fraction of sp³-hybridized carbons (Fsp3) is 0.667. The summed E-state index contributed by atoms with van der Waals surface area (Å²) >= 11 is 0. The lowest BCUT2D eigenvalue weighted by atomic mass is 10.0. The molecule has 0 aliphatic heterocycles. The molecule has 0 spiro atoms. The van der Waals surface area contributed by atoms with E-state index >= 15 is 0 Å². The molecule has 3 heteroatoms. The maximum Gasteiger partial charge on any atom is 0.0568 e. The summed E-state index contributed by atoms with van der Waals surface area (Å²) in [5, 5.41) is 9.78. The van der Waals surface area contributed by atoms with E-state index in [0.717, 1.165) is 38.0 Å². The Hall–Kier alpha value is -0.930. The fourth-order valence-corrected chi connectivity index (χ4v) is 2.70. The monoisotopic (exact) mass is 248 g/mol. The molecule has 1 aliphatic rings. The van der Waals surface area contributed by atoms with E-state index < -0.39 is 0 Å². The van der Waals surface area contributed by atoms with Gasteiger partial charge in [0.2, 0.25) is 0 Å². The van der Waals surface area contributed by atoms with E-state index in [0.29, 0.717) is 5.92 Å². The molecule has 2 rings (SSSR count). The number of aliphatic hydroxyl groups excluding tert-OH is 1. The highest BCUT2D eigenvalue weighted by Crippen LogP contribution is 2.28. The van der Waals surface area contributed by atoms with Crippen molar-refractivity contribution in [2.45, 2.75) is 38.2 Å². The zero-order valence-corrected chi connectivity index (χ0v) is 11.3. The largest absolute Gasteiger partial charge is 0.393 e. The van der Waals surface area contributed by atoms with Crippen LogP contribution in [0, 0.1) is 5.92 Å². The summed E-state index contributed by atoms with van der Waals surface area (Å²) in [7, 11) is 2.16. The van der Waals surface area contributed by atoms with Crippen molar-refractivity contribution in [2.75, 3.05) is 20.1 Å². The third kappa shape index (κ3) is 4.07. The van der Waals surface area contributed by atoms with Gasteiger partial charge in [-0.25, -0.2) is 0 Å². The van der Waals surface area contributed by atoms with Crippen LogP contribution < -0.4 is 0 Å². The van der Waals surface area contributed by atoms with Crippen LogP contribution in [0.2, 0.25) is 0 Å². The molecule has 0 radical (unpaired) electrons. The van der Waals surface area contributed by atoms with Gasteiger partial charge in [-0.3, -0.25) is 4.98 Å². The Morgan fingerprint density at radius 1 is 1.33 bits per heavy atom. The van der Waals surface area contributed by atoms with Crippen LogP contribution >= 0.6 is 0 Å². The van der Waals surface area contributed by atoms with Crippen molar-refractivity contribution in [2.24, 2.45) is 5.92 Å². The van der Waals surface area contributed by atoms with Crippen LogP contribution in [0.25, 0.3) is 0 Å². The topological polar surface area (TPSA) is 36.4 Å². The lowest BCUT2D eigenvalue weighted by Gasteiger charge is -2.20. The summed E-state index contributed by atoms with van der Waals surface area (Å²) in [6, 6.07) is 6.07. The third-order valence-electron chi connectivity index (χ3n) is 3.98. The molecular weight excluding hydrogens is 224 g/mol. The molecule has 3 nitrogen and oxygen atoms in total. The average molecular weight is 248 g/mol. The first-order valence-corrected chi connectivity index (χ1v) is 7.02. The zero-order valence-electron chi connectivity index (χ0n) is 11.3. The number of rotatable bonds is 6. The van der Waals surface area contributed by atoms with Crippen LogP contribution in [0.1, 0.15) is 31.4 Å². The molecule has 1 aliphatic carbocycles. The van der Waals surface area contributed by atoms with Gasteiger partial charge < -0.3 is 10.0 Å². The maximum absolute atomic E-state index is 9.78. The minimum absolute atomic E-state index is 0.0470. The molecule has 0 bridgehead atoms. The quantitative estimate of drug-likeness (QED) is 0.837. The standard InChI is InChI=1S/C15H24N2O/c1-17(11-8-13-5-4-7-15(13)18)12-9-14-6-2-3-10-16-14/h2-3,6,10,13,15,18H,4-5,7-9,11-12H2,1H3. The molecule has 0 saturated heterocycles. The van der Waals surface area contributed by atoms with Gasteiger partial charge in [0.25, 0.3) is 0 Å². The molecule has 1 fully saturated rings. The van der Waals surface area contributed by atoms with Gasteiger partial charge in [0.1, 0.15) is 0 Å². The molecule has 100 valence electrons. The first kappa shape index (κ1) is 13.5. The van der Waals surface area contributed by atoms with Crippen molar-refractivity contribution in [3.8, 4) is 0 Å². The molecule has 0 aromatic carbocycles. The SMILES string of the molecule is CN(CCc1ccccn1)CCC1CCCC1O. The number of aliphatic hydroxyl groups is 1. The van der Waals surface area contributed by atoms with Crippen molar-refractivity contribution in [3.63, 3.8) is 0 Å². The number of hydrogen-bond donors (Lipinski definition) is 1. The number of aromatic nitrogens is 1. The number of pyridine rings is 1. The van der Waals surface area contributed by atoms with Crippen molar-refractivity contribution >= 4 is 0 Å². The lowest BCUT2D eigenvalue weighted by Crippen LogP contribution is -2.26.